The van der Waals surface area contributed by atoms with Crippen LogP contribution < -0.4 is 5.32 Å². The molecule has 1 fully saturated rings. The van der Waals surface area contributed by atoms with Crippen LogP contribution in [0.15, 0.2) is 30.3 Å². The Labute approximate surface area is 128 Å². The number of hydrogen-bond acceptors (Lipinski definition) is 2. The summed E-state index contributed by atoms with van der Waals surface area (Å²) in [5.41, 5.74) is 0.992. The number of rotatable bonds is 5. The van der Waals surface area contributed by atoms with Gasteiger partial charge in [0.15, 0.2) is 0 Å². The molecule has 1 unspecified atom stereocenters. The van der Waals surface area contributed by atoms with E-state index >= 15 is 0 Å². The number of amides is 1. The van der Waals surface area contributed by atoms with Crippen LogP contribution in [0.4, 0.5) is 0 Å². The molecule has 1 N–H and O–H groups in total. The fourth-order valence-corrected chi connectivity index (χ4v) is 3.18. The average molecular weight is 288 g/mol. The van der Waals surface area contributed by atoms with E-state index in [9.17, 15) is 4.79 Å². The van der Waals surface area contributed by atoms with Gasteiger partial charge in [-0.2, -0.15) is 0 Å². The molecule has 21 heavy (non-hydrogen) atoms. The molecule has 1 amide bonds. The van der Waals surface area contributed by atoms with E-state index in [0.29, 0.717) is 12.5 Å². The van der Waals surface area contributed by atoms with Gasteiger partial charge in [0.1, 0.15) is 0 Å². The summed E-state index contributed by atoms with van der Waals surface area (Å²) >= 11 is 0. The normalized spacial score (nSPS) is 22.3. The number of benzene rings is 1. The highest BCUT2D eigenvalue weighted by molar-refractivity contribution is 5.83. The number of piperidine rings is 1. The van der Waals surface area contributed by atoms with E-state index < -0.39 is 0 Å². The highest BCUT2D eigenvalue weighted by Gasteiger charge is 2.41. The lowest BCUT2D eigenvalue weighted by Crippen LogP contribution is -2.53. The van der Waals surface area contributed by atoms with Crippen LogP contribution in [0.2, 0.25) is 0 Å². The van der Waals surface area contributed by atoms with Gasteiger partial charge < -0.3 is 10.2 Å². The Hall–Kier alpha value is -1.35. The first-order valence-corrected chi connectivity index (χ1v) is 8.15. The lowest BCUT2D eigenvalue weighted by atomic mass is 9.76. The molecule has 0 bridgehead atoms. The number of nitrogens with one attached hydrogen (secondary N) is 1. The molecule has 1 atom stereocenters. The van der Waals surface area contributed by atoms with Gasteiger partial charge >= 0.3 is 0 Å². The van der Waals surface area contributed by atoms with Crippen molar-refractivity contribution >= 4 is 5.91 Å². The lowest BCUT2D eigenvalue weighted by molar-refractivity contribution is -0.146. The van der Waals surface area contributed by atoms with Crippen LogP contribution in [0.1, 0.15) is 45.6 Å². The van der Waals surface area contributed by atoms with Gasteiger partial charge in [0.2, 0.25) is 5.91 Å². The number of nitrogens with zero attached hydrogens (tertiary/aromatic N) is 1. The van der Waals surface area contributed by atoms with Gasteiger partial charge in [-0.3, -0.25) is 4.79 Å². The number of carbonyl (C=O) groups excluding carboxylic acids is 1. The van der Waals surface area contributed by atoms with Gasteiger partial charge in [-0.05, 0) is 45.2 Å². The average Bonchev–Trinajstić information content (AvgIpc) is 2.53. The van der Waals surface area contributed by atoms with Crippen molar-refractivity contribution in [2.45, 2.75) is 52.6 Å². The third kappa shape index (κ3) is 3.65. The van der Waals surface area contributed by atoms with Crippen molar-refractivity contribution < 1.29 is 4.79 Å². The summed E-state index contributed by atoms with van der Waals surface area (Å²) < 4.78 is 0. The molecule has 1 aromatic carbocycles. The van der Waals surface area contributed by atoms with E-state index in [1.807, 2.05) is 23.1 Å². The van der Waals surface area contributed by atoms with Crippen LogP contribution in [0, 0.1) is 5.41 Å². The minimum absolute atomic E-state index is 0.211. The van der Waals surface area contributed by atoms with E-state index in [2.05, 4.69) is 38.2 Å². The van der Waals surface area contributed by atoms with E-state index in [0.717, 1.165) is 32.4 Å². The molecule has 0 saturated carbocycles. The molecule has 2 rings (SSSR count). The minimum Gasteiger partial charge on any atom is -0.335 e. The lowest BCUT2D eigenvalue weighted by Gasteiger charge is -2.41. The zero-order valence-electron chi connectivity index (χ0n) is 13.6. The molecule has 3 heteroatoms. The van der Waals surface area contributed by atoms with Crippen LogP contribution in [0.25, 0.3) is 0 Å². The molecule has 0 aliphatic carbocycles. The van der Waals surface area contributed by atoms with Crippen LogP contribution in [0.5, 0.6) is 0 Å². The maximum absolute atomic E-state index is 13.2. The van der Waals surface area contributed by atoms with E-state index in [4.69, 9.17) is 0 Å². The molecule has 0 aromatic heterocycles. The summed E-state index contributed by atoms with van der Waals surface area (Å²) in [6.07, 6.45) is 3.01. The fraction of sp³-hybridized carbons (Fsp3) is 0.611. The third-order valence-corrected chi connectivity index (χ3v) is 4.68. The molecular formula is C18H28N2O. The third-order valence-electron chi connectivity index (χ3n) is 4.68. The van der Waals surface area contributed by atoms with Crippen molar-refractivity contribution in [2.75, 3.05) is 13.1 Å². The SMILES string of the molecule is CCC1(C(=O)N(Cc2ccccc2)C(C)C)CCCNC1. The zero-order chi connectivity index (χ0) is 15.3. The van der Waals surface area contributed by atoms with Gasteiger partial charge in [-0.1, -0.05) is 37.3 Å². The first kappa shape index (κ1) is 16.0. The van der Waals surface area contributed by atoms with Crippen molar-refractivity contribution in [3.63, 3.8) is 0 Å². The Balaban J connectivity index is 2.18. The van der Waals surface area contributed by atoms with Crippen molar-refractivity contribution in [2.24, 2.45) is 5.41 Å². The zero-order valence-corrected chi connectivity index (χ0v) is 13.6. The molecule has 1 heterocycles. The van der Waals surface area contributed by atoms with Gasteiger partial charge in [0, 0.05) is 19.1 Å². The topological polar surface area (TPSA) is 32.3 Å². The second kappa shape index (κ2) is 7.08. The van der Waals surface area contributed by atoms with Gasteiger partial charge in [0.25, 0.3) is 0 Å². The predicted molar refractivity (Wildman–Crippen MR) is 87.0 cm³/mol. The summed E-state index contributed by atoms with van der Waals surface area (Å²) in [4.78, 5) is 15.2. The Morgan fingerprint density at radius 3 is 2.57 bits per heavy atom. The van der Waals surface area contributed by atoms with E-state index in [1.54, 1.807) is 0 Å². The van der Waals surface area contributed by atoms with Gasteiger partial charge in [-0.25, -0.2) is 0 Å². The van der Waals surface area contributed by atoms with Crippen LogP contribution in [-0.2, 0) is 11.3 Å². The Morgan fingerprint density at radius 1 is 1.33 bits per heavy atom. The largest absolute Gasteiger partial charge is 0.335 e. The maximum atomic E-state index is 13.2. The summed E-state index contributed by atoms with van der Waals surface area (Å²) in [6.45, 7) is 8.93. The highest BCUT2D eigenvalue weighted by Crippen LogP contribution is 2.33. The van der Waals surface area contributed by atoms with Gasteiger partial charge in [-0.15, -0.1) is 0 Å². The Morgan fingerprint density at radius 2 is 2.05 bits per heavy atom. The predicted octanol–water partition coefficient (Wildman–Crippen LogP) is 3.20. The molecule has 1 saturated heterocycles. The monoisotopic (exact) mass is 288 g/mol. The molecule has 1 aliphatic heterocycles. The van der Waals surface area contributed by atoms with Crippen molar-refractivity contribution in [1.82, 2.24) is 10.2 Å². The van der Waals surface area contributed by atoms with Gasteiger partial charge in [0.05, 0.1) is 5.41 Å². The molecule has 1 aromatic rings. The summed E-state index contributed by atoms with van der Waals surface area (Å²) in [5, 5.41) is 3.42. The van der Waals surface area contributed by atoms with Crippen molar-refractivity contribution in [1.29, 1.82) is 0 Å². The quantitative estimate of drug-likeness (QED) is 0.902. The first-order valence-electron chi connectivity index (χ1n) is 8.15. The molecular weight excluding hydrogens is 260 g/mol. The second-order valence-electron chi connectivity index (χ2n) is 6.43. The second-order valence-corrected chi connectivity index (χ2v) is 6.43. The van der Waals surface area contributed by atoms with E-state index in [-0.39, 0.29) is 11.5 Å². The summed E-state index contributed by atoms with van der Waals surface area (Å²) in [6, 6.07) is 10.5. The fourth-order valence-electron chi connectivity index (χ4n) is 3.18. The molecule has 1 aliphatic rings. The van der Waals surface area contributed by atoms with Crippen molar-refractivity contribution in [3.8, 4) is 0 Å². The van der Waals surface area contributed by atoms with Crippen LogP contribution >= 0.6 is 0 Å². The summed E-state index contributed by atoms with van der Waals surface area (Å²) in [7, 11) is 0. The smallest absolute Gasteiger partial charge is 0.230 e. The molecule has 3 nitrogen and oxygen atoms in total. The maximum Gasteiger partial charge on any atom is 0.230 e. The Bertz CT molecular complexity index is 450. The van der Waals surface area contributed by atoms with E-state index in [1.165, 1.54) is 5.56 Å². The van der Waals surface area contributed by atoms with Crippen LogP contribution in [-0.4, -0.2) is 29.9 Å². The summed E-state index contributed by atoms with van der Waals surface area (Å²) in [5.74, 6) is 0.316. The standard InChI is InChI=1S/C18H28N2O/c1-4-18(11-8-12-19-14-18)17(21)20(15(2)3)13-16-9-6-5-7-10-16/h5-7,9-10,15,19H,4,8,11-14H2,1-3H3. The first-order chi connectivity index (χ1) is 10.1. The van der Waals surface area contributed by atoms with Crippen molar-refractivity contribution in [3.05, 3.63) is 35.9 Å². The number of carbonyl (C=O) groups is 1. The highest BCUT2D eigenvalue weighted by atomic mass is 16.2. The molecule has 0 radical (unpaired) electrons. The molecule has 0 spiro atoms. The number of hydrogen-bond donors (Lipinski definition) is 1. The minimum atomic E-state index is -0.211. The van der Waals surface area contributed by atoms with Crippen LogP contribution in [0.3, 0.4) is 0 Å². The Kier molecular flexibility index (Phi) is 5.40. The molecule has 116 valence electrons.